The Morgan fingerprint density at radius 3 is 2.52 bits per heavy atom. The van der Waals surface area contributed by atoms with Gasteiger partial charge in [-0.2, -0.15) is 0 Å². The predicted molar refractivity (Wildman–Crippen MR) is 102 cm³/mol. The molecule has 1 aromatic heterocycles. The fourth-order valence-corrected chi connectivity index (χ4v) is 2.92. The van der Waals surface area contributed by atoms with Crippen LogP contribution in [0.15, 0.2) is 47.1 Å². The van der Waals surface area contributed by atoms with Crippen molar-refractivity contribution in [1.82, 2.24) is 0 Å². The van der Waals surface area contributed by atoms with Gasteiger partial charge >= 0.3 is 5.97 Å². The molecule has 2 aromatic carbocycles. The Bertz CT molecular complexity index is 969. The molecule has 3 rings (SSSR count). The van der Waals surface area contributed by atoms with Crippen molar-refractivity contribution in [2.75, 3.05) is 19.0 Å². The first-order chi connectivity index (χ1) is 12.9. The highest BCUT2D eigenvalue weighted by atomic mass is 16.5. The SMILES string of the molecule is COc1ccc2c(CC(=O)OCC(=O)Nc3cc(C)cc(C)c3)coc2c1. The van der Waals surface area contributed by atoms with Crippen LogP contribution in [-0.4, -0.2) is 25.6 Å². The minimum Gasteiger partial charge on any atom is -0.497 e. The summed E-state index contributed by atoms with van der Waals surface area (Å²) in [5, 5.41) is 3.54. The number of esters is 1. The molecule has 1 amide bonds. The van der Waals surface area contributed by atoms with E-state index in [1.807, 2.05) is 38.1 Å². The highest BCUT2D eigenvalue weighted by molar-refractivity contribution is 5.93. The zero-order chi connectivity index (χ0) is 19.4. The number of aryl methyl sites for hydroxylation is 2. The first-order valence-corrected chi connectivity index (χ1v) is 8.52. The van der Waals surface area contributed by atoms with Gasteiger partial charge in [0.05, 0.1) is 19.8 Å². The van der Waals surface area contributed by atoms with Crippen LogP contribution in [0.3, 0.4) is 0 Å². The van der Waals surface area contributed by atoms with Gasteiger partial charge < -0.3 is 19.2 Å². The van der Waals surface area contributed by atoms with Gasteiger partial charge in [0.15, 0.2) is 6.61 Å². The van der Waals surface area contributed by atoms with Crippen LogP contribution >= 0.6 is 0 Å². The third-order valence-corrected chi connectivity index (χ3v) is 4.07. The third kappa shape index (κ3) is 4.67. The lowest BCUT2D eigenvalue weighted by Crippen LogP contribution is -2.21. The average Bonchev–Trinajstić information content (AvgIpc) is 3.01. The molecule has 1 N–H and O–H groups in total. The summed E-state index contributed by atoms with van der Waals surface area (Å²) < 4.78 is 15.7. The first-order valence-electron chi connectivity index (χ1n) is 8.52. The number of amides is 1. The van der Waals surface area contributed by atoms with E-state index in [0.29, 0.717) is 22.6 Å². The van der Waals surface area contributed by atoms with E-state index in [2.05, 4.69) is 5.32 Å². The molecular formula is C21H21NO5. The number of benzene rings is 2. The molecule has 0 aliphatic carbocycles. The summed E-state index contributed by atoms with van der Waals surface area (Å²) in [7, 11) is 1.57. The van der Waals surface area contributed by atoms with Gasteiger partial charge in [0.25, 0.3) is 5.91 Å². The number of fused-ring (bicyclic) bond motifs is 1. The number of hydrogen-bond donors (Lipinski definition) is 1. The van der Waals surface area contributed by atoms with E-state index in [0.717, 1.165) is 16.5 Å². The van der Waals surface area contributed by atoms with Gasteiger partial charge in [-0.25, -0.2) is 0 Å². The molecule has 0 bridgehead atoms. The van der Waals surface area contributed by atoms with Crippen molar-refractivity contribution in [3.63, 3.8) is 0 Å². The largest absolute Gasteiger partial charge is 0.497 e. The van der Waals surface area contributed by atoms with E-state index in [9.17, 15) is 9.59 Å². The van der Waals surface area contributed by atoms with E-state index in [1.54, 1.807) is 19.2 Å². The van der Waals surface area contributed by atoms with E-state index in [-0.39, 0.29) is 18.9 Å². The summed E-state index contributed by atoms with van der Waals surface area (Å²) in [5.41, 5.74) is 4.11. The molecule has 0 aliphatic rings. The van der Waals surface area contributed by atoms with Crippen molar-refractivity contribution < 1.29 is 23.5 Å². The molecule has 27 heavy (non-hydrogen) atoms. The van der Waals surface area contributed by atoms with Crippen molar-refractivity contribution in [2.24, 2.45) is 0 Å². The molecule has 0 aliphatic heterocycles. The molecule has 140 valence electrons. The minimum atomic E-state index is -0.496. The molecule has 1 heterocycles. The summed E-state index contributed by atoms with van der Waals surface area (Å²) in [6.07, 6.45) is 1.54. The Kier molecular flexibility index (Phi) is 5.45. The number of rotatable bonds is 6. The Labute approximate surface area is 157 Å². The van der Waals surface area contributed by atoms with Crippen LogP contribution in [0.5, 0.6) is 5.75 Å². The van der Waals surface area contributed by atoms with E-state index >= 15 is 0 Å². The number of nitrogens with one attached hydrogen (secondary N) is 1. The number of carbonyl (C=O) groups excluding carboxylic acids is 2. The van der Waals surface area contributed by atoms with Gasteiger partial charge in [-0.1, -0.05) is 6.07 Å². The molecule has 0 saturated carbocycles. The maximum atomic E-state index is 12.1. The van der Waals surface area contributed by atoms with Crippen LogP contribution in [0.2, 0.25) is 0 Å². The monoisotopic (exact) mass is 367 g/mol. The van der Waals surface area contributed by atoms with Gasteiger partial charge in [-0.15, -0.1) is 0 Å². The van der Waals surface area contributed by atoms with Crippen LogP contribution in [0.4, 0.5) is 5.69 Å². The van der Waals surface area contributed by atoms with E-state index < -0.39 is 5.97 Å². The van der Waals surface area contributed by atoms with Crippen LogP contribution < -0.4 is 10.1 Å². The maximum absolute atomic E-state index is 12.1. The normalized spacial score (nSPS) is 10.6. The number of furan rings is 1. The molecule has 0 atom stereocenters. The Hall–Kier alpha value is -3.28. The van der Waals surface area contributed by atoms with Gasteiger partial charge in [0.1, 0.15) is 11.3 Å². The second-order valence-electron chi connectivity index (χ2n) is 6.39. The third-order valence-electron chi connectivity index (χ3n) is 4.07. The Morgan fingerprint density at radius 1 is 1.07 bits per heavy atom. The van der Waals surface area contributed by atoms with Crippen molar-refractivity contribution in [3.05, 3.63) is 59.4 Å². The topological polar surface area (TPSA) is 77.8 Å². The highest BCUT2D eigenvalue weighted by Crippen LogP contribution is 2.26. The van der Waals surface area contributed by atoms with Crippen molar-refractivity contribution in [3.8, 4) is 5.75 Å². The van der Waals surface area contributed by atoms with E-state index in [4.69, 9.17) is 13.9 Å². The molecule has 6 heteroatoms. The summed E-state index contributed by atoms with van der Waals surface area (Å²) in [6, 6.07) is 11.1. The van der Waals surface area contributed by atoms with Crippen molar-refractivity contribution in [1.29, 1.82) is 0 Å². The lowest BCUT2D eigenvalue weighted by molar-refractivity contribution is -0.146. The molecular weight excluding hydrogens is 346 g/mol. The minimum absolute atomic E-state index is 0.0240. The molecule has 0 fully saturated rings. The fraction of sp³-hybridized carbons (Fsp3) is 0.238. The van der Waals surface area contributed by atoms with Gasteiger partial charge in [0.2, 0.25) is 0 Å². The zero-order valence-corrected chi connectivity index (χ0v) is 15.5. The number of anilines is 1. The van der Waals surface area contributed by atoms with Crippen LogP contribution in [0.1, 0.15) is 16.7 Å². The van der Waals surface area contributed by atoms with E-state index in [1.165, 1.54) is 6.26 Å². The quantitative estimate of drug-likeness (QED) is 0.671. The number of methoxy groups -OCH3 is 1. The van der Waals surface area contributed by atoms with Crippen LogP contribution in [0.25, 0.3) is 11.0 Å². The standard InChI is InChI=1S/C21H21NO5/c1-13-6-14(2)8-16(7-13)22-20(23)12-27-21(24)9-15-11-26-19-10-17(25-3)4-5-18(15)19/h4-8,10-11H,9,12H2,1-3H3,(H,22,23). The molecule has 0 spiro atoms. The summed E-state index contributed by atoms with van der Waals surface area (Å²) in [4.78, 5) is 24.1. The number of hydrogen-bond acceptors (Lipinski definition) is 5. The number of carbonyl (C=O) groups is 2. The smallest absolute Gasteiger partial charge is 0.310 e. The van der Waals surface area contributed by atoms with Crippen LogP contribution in [-0.2, 0) is 20.7 Å². The van der Waals surface area contributed by atoms with Crippen molar-refractivity contribution >= 4 is 28.5 Å². The second-order valence-corrected chi connectivity index (χ2v) is 6.39. The summed E-state index contributed by atoms with van der Waals surface area (Å²) in [6.45, 7) is 3.57. The second kappa shape index (κ2) is 7.95. The molecule has 3 aromatic rings. The molecule has 6 nitrogen and oxygen atoms in total. The van der Waals surface area contributed by atoms with Crippen molar-refractivity contribution in [2.45, 2.75) is 20.3 Å². The van der Waals surface area contributed by atoms with Gasteiger partial charge in [-0.05, 0) is 49.2 Å². The zero-order valence-electron chi connectivity index (χ0n) is 15.5. The lowest BCUT2D eigenvalue weighted by atomic mass is 10.1. The number of ether oxygens (including phenoxy) is 2. The Morgan fingerprint density at radius 2 is 1.81 bits per heavy atom. The molecule has 0 saturated heterocycles. The fourth-order valence-electron chi connectivity index (χ4n) is 2.92. The molecule has 0 radical (unpaired) electrons. The van der Waals surface area contributed by atoms with Crippen LogP contribution in [0, 0.1) is 13.8 Å². The first kappa shape index (κ1) is 18.5. The maximum Gasteiger partial charge on any atom is 0.310 e. The van der Waals surface area contributed by atoms with Gasteiger partial charge in [0, 0.05) is 22.7 Å². The Balaban J connectivity index is 1.55. The predicted octanol–water partition coefficient (Wildman–Crippen LogP) is 3.78. The molecule has 0 unspecified atom stereocenters. The summed E-state index contributed by atoms with van der Waals surface area (Å²) in [5.74, 6) is -0.201. The highest BCUT2D eigenvalue weighted by Gasteiger charge is 2.14. The average molecular weight is 367 g/mol. The summed E-state index contributed by atoms with van der Waals surface area (Å²) >= 11 is 0. The van der Waals surface area contributed by atoms with Gasteiger partial charge in [-0.3, -0.25) is 9.59 Å². The lowest BCUT2D eigenvalue weighted by Gasteiger charge is -2.08.